The van der Waals surface area contributed by atoms with Gasteiger partial charge < -0.3 is 10.4 Å². The van der Waals surface area contributed by atoms with Crippen LogP contribution in [-0.2, 0) is 6.42 Å². The van der Waals surface area contributed by atoms with Crippen molar-refractivity contribution in [1.29, 1.82) is 0 Å². The van der Waals surface area contributed by atoms with E-state index < -0.39 is 0 Å². The Kier molecular flexibility index (Phi) is 5.26. The van der Waals surface area contributed by atoms with Gasteiger partial charge in [0.1, 0.15) is 5.75 Å². The van der Waals surface area contributed by atoms with E-state index in [-0.39, 0.29) is 0 Å². The summed E-state index contributed by atoms with van der Waals surface area (Å²) in [6.07, 6.45) is 7.72. The third kappa shape index (κ3) is 5.23. The molecule has 1 saturated carbocycles. The monoisotopic (exact) mass is 261 g/mol. The number of phenolic OH excluding ortho intramolecular Hbond substituents is 1. The van der Waals surface area contributed by atoms with E-state index in [1.165, 1.54) is 31.2 Å². The van der Waals surface area contributed by atoms with Crippen molar-refractivity contribution in [2.45, 2.75) is 64.5 Å². The second kappa shape index (κ2) is 6.95. The fourth-order valence-electron chi connectivity index (χ4n) is 2.64. The highest BCUT2D eigenvalue weighted by molar-refractivity contribution is 5.25. The smallest absolute Gasteiger partial charge is 0.115 e. The number of aryl methyl sites for hydroxylation is 1. The van der Waals surface area contributed by atoms with E-state index >= 15 is 0 Å². The Morgan fingerprint density at radius 2 is 1.95 bits per heavy atom. The molecule has 1 aromatic rings. The highest BCUT2D eigenvalue weighted by Gasteiger charge is 2.25. The van der Waals surface area contributed by atoms with Crippen LogP contribution in [0, 0.1) is 5.92 Å². The van der Waals surface area contributed by atoms with E-state index in [4.69, 9.17) is 0 Å². The zero-order valence-electron chi connectivity index (χ0n) is 12.2. The topological polar surface area (TPSA) is 32.3 Å². The molecule has 0 bridgehead atoms. The van der Waals surface area contributed by atoms with Crippen LogP contribution in [0.4, 0.5) is 0 Å². The lowest BCUT2D eigenvalue weighted by molar-refractivity contribution is 0.386. The molecule has 2 N–H and O–H groups in total. The Morgan fingerprint density at radius 3 is 2.53 bits per heavy atom. The van der Waals surface area contributed by atoms with Crippen molar-refractivity contribution < 1.29 is 5.11 Å². The number of nitrogens with one attached hydrogen (secondary N) is 1. The first-order chi connectivity index (χ1) is 9.17. The van der Waals surface area contributed by atoms with Crippen LogP contribution in [0.15, 0.2) is 24.3 Å². The van der Waals surface area contributed by atoms with Gasteiger partial charge in [-0.2, -0.15) is 0 Å². The summed E-state index contributed by atoms with van der Waals surface area (Å²) in [5, 5.41) is 13.0. The molecular formula is C17H27NO. The summed E-state index contributed by atoms with van der Waals surface area (Å²) in [7, 11) is 0. The van der Waals surface area contributed by atoms with E-state index in [0.29, 0.717) is 17.8 Å². The molecule has 0 aliphatic heterocycles. The average Bonchev–Trinajstić information content (AvgIpc) is 3.21. The fourth-order valence-corrected chi connectivity index (χ4v) is 2.64. The van der Waals surface area contributed by atoms with Gasteiger partial charge in [-0.25, -0.2) is 0 Å². The predicted molar refractivity (Wildman–Crippen MR) is 80.4 cm³/mol. The molecule has 1 aliphatic carbocycles. The summed E-state index contributed by atoms with van der Waals surface area (Å²) in [5.41, 5.74) is 1.31. The maximum Gasteiger partial charge on any atom is 0.115 e. The van der Waals surface area contributed by atoms with E-state index in [0.717, 1.165) is 18.8 Å². The molecule has 0 heterocycles. The van der Waals surface area contributed by atoms with E-state index in [1.807, 2.05) is 12.1 Å². The van der Waals surface area contributed by atoms with Gasteiger partial charge in [-0.05, 0) is 56.2 Å². The molecule has 2 nitrogen and oxygen atoms in total. The van der Waals surface area contributed by atoms with Gasteiger partial charge in [-0.1, -0.05) is 31.9 Å². The van der Waals surface area contributed by atoms with Crippen molar-refractivity contribution in [2.75, 3.05) is 0 Å². The van der Waals surface area contributed by atoms with Crippen molar-refractivity contribution in [3.05, 3.63) is 29.8 Å². The minimum atomic E-state index is 0.352. The molecular weight excluding hydrogens is 234 g/mol. The van der Waals surface area contributed by atoms with Crippen molar-refractivity contribution in [2.24, 2.45) is 5.92 Å². The third-order valence-electron chi connectivity index (χ3n) is 4.13. The quantitative estimate of drug-likeness (QED) is 0.744. The highest BCUT2D eigenvalue weighted by Crippen LogP contribution is 2.34. The normalized spacial score (nSPS) is 18.2. The second-order valence-electron chi connectivity index (χ2n) is 6.06. The van der Waals surface area contributed by atoms with Crippen molar-refractivity contribution >= 4 is 0 Å². The average molecular weight is 261 g/mol. The minimum Gasteiger partial charge on any atom is -0.508 e. The lowest BCUT2D eigenvalue weighted by Crippen LogP contribution is -2.36. The van der Waals surface area contributed by atoms with Crippen molar-refractivity contribution in [3.8, 4) is 5.75 Å². The van der Waals surface area contributed by atoms with Gasteiger partial charge in [0.25, 0.3) is 0 Å². The Hall–Kier alpha value is -1.02. The first-order valence-corrected chi connectivity index (χ1v) is 7.71. The van der Waals surface area contributed by atoms with Crippen LogP contribution in [0.1, 0.15) is 51.5 Å². The van der Waals surface area contributed by atoms with Crippen molar-refractivity contribution in [1.82, 2.24) is 5.32 Å². The SMILES string of the molecule is CCC(CC1CC1)NC(C)CCc1ccc(O)cc1. The summed E-state index contributed by atoms with van der Waals surface area (Å²) in [4.78, 5) is 0. The van der Waals surface area contributed by atoms with Gasteiger partial charge in [0.15, 0.2) is 0 Å². The van der Waals surface area contributed by atoms with Gasteiger partial charge in [-0.15, -0.1) is 0 Å². The molecule has 1 aliphatic rings. The summed E-state index contributed by atoms with van der Waals surface area (Å²) < 4.78 is 0. The first kappa shape index (κ1) is 14.4. The molecule has 2 heteroatoms. The minimum absolute atomic E-state index is 0.352. The largest absolute Gasteiger partial charge is 0.508 e. The van der Waals surface area contributed by atoms with Crippen LogP contribution < -0.4 is 5.32 Å². The zero-order chi connectivity index (χ0) is 13.7. The summed E-state index contributed by atoms with van der Waals surface area (Å²) in [5.74, 6) is 1.35. The molecule has 1 fully saturated rings. The number of hydrogen-bond acceptors (Lipinski definition) is 2. The molecule has 106 valence electrons. The van der Waals surface area contributed by atoms with Crippen LogP contribution >= 0.6 is 0 Å². The number of benzene rings is 1. The summed E-state index contributed by atoms with van der Waals surface area (Å²) in [6, 6.07) is 8.84. The molecule has 1 aromatic carbocycles. The Labute approximate surface area is 117 Å². The lowest BCUT2D eigenvalue weighted by atomic mass is 10.0. The third-order valence-corrected chi connectivity index (χ3v) is 4.13. The molecule has 0 saturated heterocycles. The van der Waals surface area contributed by atoms with Crippen LogP contribution in [0.3, 0.4) is 0 Å². The molecule has 2 rings (SSSR count). The van der Waals surface area contributed by atoms with E-state index in [9.17, 15) is 5.11 Å². The van der Waals surface area contributed by atoms with Crippen molar-refractivity contribution in [3.63, 3.8) is 0 Å². The molecule has 2 atom stereocenters. The first-order valence-electron chi connectivity index (χ1n) is 7.71. The van der Waals surface area contributed by atoms with Gasteiger partial charge in [-0.3, -0.25) is 0 Å². The fraction of sp³-hybridized carbons (Fsp3) is 0.647. The molecule has 0 aromatic heterocycles. The standard InChI is InChI=1S/C17H27NO/c1-3-16(12-15-6-7-15)18-13(2)4-5-14-8-10-17(19)11-9-14/h8-11,13,15-16,18-19H,3-7,12H2,1-2H3. The van der Waals surface area contributed by atoms with E-state index in [2.05, 4.69) is 19.2 Å². The number of hydrogen-bond donors (Lipinski definition) is 2. The van der Waals surface area contributed by atoms with Gasteiger partial charge >= 0.3 is 0 Å². The molecule has 2 unspecified atom stereocenters. The number of phenols is 1. The van der Waals surface area contributed by atoms with Gasteiger partial charge in [0, 0.05) is 12.1 Å². The Balaban J connectivity index is 1.70. The maximum absolute atomic E-state index is 9.26. The van der Waals surface area contributed by atoms with Crippen LogP contribution in [0.25, 0.3) is 0 Å². The number of aromatic hydroxyl groups is 1. The summed E-state index contributed by atoms with van der Waals surface area (Å²) >= 11 is 0. The highest BCUT2D eigenvalue weighted by atomic mass is 16.3. The zero-order valence-corrected chi connectivity index (χ0v) is 12.2. The predicted octanol–water partition coefficient (Wildman–Crippen LogP) is 3.88. The lowest BCUT2D eigenvalue weighted by Gasteiger charge is -2.22. The second-order valence-corrected chi connectivity index (χ2v) is 6.06. The Bertz CT molecular complexity index is 369. The van der Waals surface area contributed by atoms with Gasteiger partial charge in [0.2, 0.25) is 0 Å². The number of rotatable bonds is 8. The van der Waals surface area contributed by atoms with Crippen LogP contribution in [-0.4, -0.2) is 17.2 Å². The molecule has 0 spiro atoms. The van der Waals surface area contributed by atoms with E-state index in [1.54, 1.807) is 12.1 Å². The molecule has 19 heavy (non-hydrogen) atoms. The molecule has 0 radical (unpaired) electrons. The molecule has 0 amide bonds. The van der Waals surface area contributed by atoms with Gasteiger partial charge in [0.05, 0.1) is 0 Å². The summed E-state index contributed by atoms with van der Waals surface area (Å²) in [6.45, 7) is 4.57. The van der Waals surface area contributed by atoms with Crippen LogP contribution in [0.5, 0.6) is 5.75 Å². The Morgan fingerprint density at radius 1 is 1.26 bits per heavy atom. The maximum atomic E-state index is 9.26. The van der Waals surface area contributed by atoms with Crippen LogP contribution in [0.2, 0.25) is 0 Å².